The van der Waals surface area contributed by atoms with Gasteiger partial charge in [0.2, 0.25) is 5.82 Å². The number of nitrogens with one attached hydrogen (secondary N) is 2. The fourth-order valence-electron chi connectivity index (χ4n) is 3.80. The van der Waals surface area contributed by atoms with Gasteiger partial charge in [-0.3, -0.25) is 4.79 Å². The first-order chi connectivity index (χ1) is 16.7. The molecule has 0 fully saturated rings. The molecule has 3 aromatic carbocycles. The van der Waals surface area contributed by atoms with Crippen molar-refractivity contribution < 1.29 is 4.79 Å². The van der Waals surface area contributed by atoms with E-state index in [-0.39, 0.29) is 17.8 Å². The van der Waals surface area contributed by atoms with Crippen molar-refractivity contribution in [3.63, 3.8) is 0 Å². The smallest absolute Gasteiger partial charge is 0.291 e. The second-order valence-electron chi connectivity index (χ2n) is 7.82. The first-order valence-corrected chi connectivity index (χ1v) is 12.4. The number of carbonyl (C=O) groups is 1. The SMILES string of the molecule is CSCC[C@H](NC(=O)c1nc(-c2ccccc2)n(-c2ccccc2)n1)c1nc2ccccc2[nH]1. The van der Waals surface area contributed by atoms with E-state index >= 15 is 0 Å². The molecule has 0 radical (unpaired) electrons. The Morgan fingerprint density at radius 2 is 1.68 bits per heavy atom. The summed E-state index contributed by atoms with van der Waals surface area (Å²) >= 11 is 1.73. The second kappa shape index (κ2) is 9.93. The monoisotopic (exact) mass is 468 g/mol. The average Bonchev–Trinajstić information content (AvgIpc) is 3.52. The van der Waals surface area contributed by atoms with Gasteiger partial charge < -0.3 is 10.3 Å². The van der Waals surface area contributed by atoms with Crippen LogP contribution in [0.3, 0.4) is 0 Å². The molecule has 2 heterocycles. The summed E-state index contributed by atoms with van der Waals surface area (Å²) in [5.74, 6) is 2.01. The molecule has 0 spiro atoms. The van der Waals surface area contributed by atoms with Gasteiger partial charge in [0.15, 0.2) is 5.82 Å². The highest BCUT2D eigenvalue weighted by molar-refractivity contribution is 7.98. The van der Waals surface area contributed by atoms with Crippen LogP contribution in [0.2, 0.25) is 0 Å². The number of hydrogen-bond acceptors (Lipinski definition) is 5. The highest BCUT2D eigenvalue weighted by Gasteiger charge is 2.23. The molecule has 0 aliphatic carbocycles. The van der Waals surface area contributed by atoms with Crippen LogP contribution in [0, 0.1) is 0 Å². The largest absolute Gasteiger partial charge is 0.340 e. The first kappa shape index (κ1) is 21.9. The zero-order valence-corrected chi connectivity index (χ0v) is 19.5. The minimum absolute atomic E-state index is 0.118. The predicted octanol–water partition coefficient (Wildman–Crippen LogP) is 5.03. The minimum atomic E-state index is -0.335. The van der Waals surface area contributed by atoms with Crippen LogP contribution in [0.5, 0.6) is 0 Å². The maximum absolute atomic E-state index is 13.3. The van der Waals surface area contributed by atoms with Crippen LogP contribution in [0.4, 0.5) is 0 Å². The quantitative estimate of drug-likeness (QED) is 0.333. The number of amides is 1. The fraction of sp³-hybridized carbons (Fsp3) is 0.154. The molecule has 2 N–H and O–H groups in total. The van der Waals surface area contributed by atoms with Gasteiger partial charge in [-0.15, -0.1) is 5.10 Å². The number of H-pyrrole nitrogens is 1. The van der Waals surface area contributed by atoms with E-state index in [9.17, 15) is 4.79 Å². The molecular weight excluding hydrogens is 444 g/mol. The summed E-state index contributed by atoms with van der Waals surface area (Å²) in [4.78, 5) is 26.0. The summed E-state index contributed by atoms with van der Waals surface area (Å²) in [5, 5.41) is 7.69. The third-order valence-electron chi connectivity index (χ3n) is 5.50. The van der Waals surface area contributed by atoms with Crippen molar-refractivity contribution in [3.8, 4) is 17.1 Å². The molecule has 2 aromatic heterocycles. The van der Waals surface area contributed by atoms with Crippen molar-refractivity contribution in [2.45, 2.75) is 12.5 Å². The van der Waals surface area contributed by atoms with Crippen molar-refractivity contribution >= 4 is 28.7 Å². The molecule has 0 aliphatic rings. The van der Waals surface area contributed by atoms with Crippen molar-refractivity contribution in [3.05, 3.63) is 96.6 Å². The van der Waals surface area contributed by atoms with Crippen molar-refractivity contribution in [2.75, 3.05) is 12.0 Å². The second-order valence-corrected chi connectivity index (χ2v) is 8.80. The van der Waals surface area contributed by atoms with Gasteiger partial charge in [-0.05, 0) is 42.7 Å². The van der Waals surface area contributed by atoms with Crippen LogP contribution in [0.15, 0.2) is 84.9 Å². The van der Waals surface area contributed by atoms with Gasteiger partial charge >= 0.3 is 0 Å². The summed E-state index contributed by atoms with van der Waals surface area (Å²) in [5.41, 5.74) is 3.54. The first-order valence-electron chi connectivity index (χ1n) is 11.1. The Labute approximate surface area is 201 Å². The normalized spacial score (nSPS) is 12.0. The van der Waals surface area contributed by atoms with Crippen LogP contribution < -0.4 is 5.32 Å². The van der Waals surface area contributed by atoms with Crippen LogP contribution in [-0.4, -0.2) is 42.6 Å². The maximum atomic E-state index is 13.3. The lowest BCUT2D eigenvalue weighted by molar-refractivity contribution is 0.0923. The number of hydrogen-bond donors (Lipinski definition) is 2. The van der Waals surface area contributed by atoms with Crippen molar-refractivity contribution in [1.29, 1.82) is 0 Å². The van der Waals surface area contributed by atoms with Gasteiger partial charge in [-0.1, -0.05) is 60.7 Å². The minimum Gasteiger partial charge on any atom is -0.340 e. The Bertz CT molecular complexity index is 1310. The lowest BCUT2D eigenvalue weighted by atomic mass is 10.2. The van der Waals surface area contributed by atoms with Gasteiger partial charge in [-0.2, -0.15) is 11.8 Å². The van der Waals surface area contributed by atoms with Crippen molar-refractivity contribution in [2.24, 2.45) is 0 Å². The third-order valence-corrected chi connectivity index (χ3v) is 6.14. The molecule has 170 valence electrons. The lowest BCUT2D eigenvalue weighted by Crippen LogP contribution is -2.30. The van der Waals surface area contributed by atoms with Gasteiger partial charge in [-0.25, -0.2) is 14.6 Å². The zero-order valence-electron chi connectivity index (χ0n) is 18.7. The maximum Gasteiger partial charge on any atom is 0.291 e. The Morgan fingerprint density at radius 1 is 0.971 bits per heavy atom. The van der Waals surface area contributed by atoms with Crippen LogP contribution in [0.25, 0.3) is 28.1 Å². The molecule has 0 aliphatic heterocycles. The van der Waals surface area contributed by atoms with Gasteiger partial charge in [0.05, 0.1) is 22.8 Å². The fourth-order valence-corrected chi connectivity index (χ4v) is 4.28. The highest BCUT2D eigenvalue weighted by Crippen LogP contribution is 2.23. The molecule has 1 atom stereocenters. The van der Waals surface area contributed by atoms with Crippen LogP contribution >= 0.6 is 11.8 Å². The number of thioether (sulfide) groups is 1. The van der Waals surface area contributed by atoms with E-state index in [1.807, 2.05) is 91.2 Å². The highest BCUT2D eigenvalue weighted by atomic mass is 32.2. The number of aromatic nitrogens is 5. The molecular formula is C26H24N6OS. The van der Waals surface area contributed by atoms with E-state index in [0.29, 0.717) is 5.82 Å². The van der Waals surface area contributed by atoms with Gasteiger partial charge in [0.1, 0.15) is 5.82 Å². The Balaban J connectivity index is 1.48. The van der Waals surface area contributed by atoms with Gasteiger partial charge in [0, 0.05) is 5.56 Å². The van der Waals surface area contributed by atoms with E-state index < -0.39 is 0 Å². The number of carbonyl (C=O) groups excluding carboxylic acids is 1. The number of aromatic amines is 1. The van der Waals surface area contributed by atoms with E-state index in [4.69, 9.17) is 4.98 Å². The molecule has 0 saturated carbocycles. The van der Waals surface area contributed by atoms with E-state index in [1.54, 1.807) is 16.4 Å². The number of imidazole rings is 1. The molecule has 1 amide bonds. The van der Waals surface area contributed by atoms with E-state index in [2.05, 4.69) is 20.4 Å². The number of rotatable bonds is 8. The standard InChI is InChI=1S/C26H24N6OS/c1-34-17-16-22(23-27-20-14-8-9-15-21(20)28-23)29-26(33)24-30-25(18-10-4-2-5-11-18)32(31-24)19-12-6-3-7-13-19/h2-15,22H,16-17H2,1H3,(H,27,28)(H,29,33)/t22-/m0/s1. The third kappa shape index (κ3) is 4.58. The average molecular weight is 469 g/mol. The van der Waals surface area contributed by atoms with Crippen LogP contribution in [0.1, 0.15) is 28.9 Å². The summed E-state index contributed by atoms with van der Waals surface area (Å²) < 4.78 is 1.71. The predicted molar refractivity (Wildman–Crippen MR) is 136 cm³/mol. The molecule has 0 bridgehead atoms. The Kier molecular flexibility index (Phi) is 6.40. The van der Waals surface area contributed by atoms with Gasteiger partial charge in [0.25, 0.3) is 5.91 Å². The molecule has 5 aromatic rings. The summed E-state index contributed by atoms with van der Waals surface area (Å²) in [7, 11) is 0. The Morgan fingerprint density at radius 3 is 2.41 bits per heavy atom. The summed E-state index contributed by atoms with van der Waals surface area (Å²) in [6.07, 6.45) is 2.78. The van der Waals surface area contributed by atoms with Crippen molar-refractivity contribution in [1.82, 2.24) is 30.0 Å². The van der Waals surface area contributed by atoms with E-state index in [0.717, 1.165) is 40.3 Å². The van der Waals surface area contributed by atoms with Crippen LogP contribution in [-0.2, 0) is 0 Å². The number of nitrogens with zero attached hydrogens (tertiary/aromatic N) is 4. The number of benzene rings is 3. The lowest BCUT2D eigenvalue weighted by Gasteiger charge is -2.15. The molecule has 8 heteroatoms. The molecule has 0 unspecified atom stereocenters. The summed E-state index contributed by atoms with van der Waals surface area (Å²) in [6, 6.07) is 27.0. The zero-order chi connectivity index (χ0) is 23.3. The molecule has 34 heavy (non-hydrogen) atoms. The summed E-state index contributed by atoms with van der Waals surface area (Å²) in [6.45, 7) is 0. The molecule has 5 rings (SSSR count). The Hall–Kier alpha value is -3.91. The number of fused-ring (bicyclic) bond motifs is 1. The molecule has 7 nitrogen and oxygen atoms in total. The molecule has 0 saturated heterocycles. The topological polar surface area (TPSA) is 88.5 Å². The number of para-hydroxylation sites is 3. The van der Waals surface area contributed by atoms with E-state index in [1.165, 1.54) is 0 Å².